The molecular formula is H7AlCoCuFeMnNiO2VZn. The van der Waals surface area contributed by atoms with Crippen LogP contribution < -0.4 is 0 Å². The Morgan fingerprint density at radius 3 is 0.900 bits per heavy atom. The SMILES string of the molecule is O.O.[AlH3].[Co].[Cu].[Fe].[Mn].[Ni].[V].[Zn]. The smallest absolute Gasteiger partial charge is 0.187 e. The maximum absolute atomic E-state index is 0. The first kappa shape index (κ1) is 140. The van der Waals surface area contributed by atoms with Crippen molar-refractivity contribution in [3.63, 3.8) is 0 Å². The van der Waals surface area contributed by atoms with Crippen LogP contribution in [0.3, 0.4) is 0 Å². The Balaban J connectivity index is 0. The third-order valence-electron chi connectivity index (χ3n) is 0. The zero-order valence-electron chi connectivity index (χ0n) is 3.84. The molecule has 0 amide bonds. The van der Waals surface area contributed by atoms with Gasteiger partial charge in [-0.05, 0) is 0 Å². The second-order valence-electron chi connectivity index (χ2n) is 0. The molecule has 74 valence electrons. The van der Waals surface area contributed by atoms with Crippen molar-refractivity contribution in [2.75, 3.05) is 0 Å². The van der Waals surface area contributed by atoms with Crippen LogP contribution in [0.1, 0.15) is 0 Å². The van der Waals surface area contributed by atoms with E-state index in [9.17, 15) is 0 Å². The van der Waals surface area contributed by atoms with Crippen LogP contribution in [0.4, 0.5) is 0 Å². The zero-order valence-corrected chi connectivity index (χ0v) is 13.5. The van der Waals surface area contributed by atoms with E-state index in [-0.39, 0.29) is 151 Å². The molecule has 0 heterocycles. The van der Waals surface area contributed by atoms with Gasteiger partial charge in [-0.1, -0.05) is 0 Å². The summed E-state index contributed by atoms with van der Waals surface area (Å²) < 4.78 is 0. The average molecular weight is 474 g/mol. The molecule has 0 saturated heterocycles. The summed E-state index contributed by atoms with van der Waals surface area (Å²) in [7, 11) is 0. The van der Waals surface area contributed by atoms with Crippen molar-refractivity contribution < 1.29 is 133 Å². The summed E-state index contributed by atoms with van der Waals surface area (Å²) in [6.45, 7) is 0. The second-order valence-corrected chi connectivity index (χ2v) is 0. The molecule has 0 unspecified atom stereocenters. The molecule has 2 nitrogen and oxygen atoms in total. The molecule has 0 fully saturated rings. The fraction of sp³-hybridized carbons (Fsp3) is 0. The Morgan fingerprint density at radius 1 is 0.900 bits per heavy atom. The van der Waals surface area contributed by atoms with Crippen LogP contribution in [0.15, 0.2) is 0 Å². The molecule has 0 aliphatic heterocycles. The molecule has 4 N–H and O–H groups in total. The first-order chi connectivity index (χ1) is 0. The summed E-state index contributed by atoms with van der Waals surface area (Å²) in [6, 6.07) is 0. The van der Waals surface area contributed by atoms with Gasteiger partial charge < -0.3 is 11.0 Å². The Kier molecular flexibility index (Phi) is 1550. The fourth-order valence-electron chi connectivity index (χ4n) is 0. The van der Waals surface area contributed by atoms with Crippen molar-refractivity contribution in [1.29, 1.82) is 0 Å². The molecular weight excluding hydrogens is 467 g/mol. The Labute approximate surface area is 148 Å². The quantitative estimate of drug-likeness (QED) is 0.340. The molecule has 0 aromatic carbocycles. The average Bonchev–Trinajstić information content (AvgIpc) is 0. The predicted molar refractivity (Wildman–Crippen MR) is 17.2 cm³/mol. The van der Waals surface area contributed by atoms with Crippen molar-refractivity contribution in [3.8, 4) is 0 Å². The molecule has 10 heavy (non-hydrogen) atoms. The normalized spacial score (nSPS) is 0. The van der Waals surface area contributed by atoms with Crippen molar-refractivity contribution in [2.45, 2.75) is 0 Å². The van der Waals surface area contributed by atoms with Gasteiger partial charge in [0.15, 0.2) is 17.4 Å². The molecule has 0 aliphatic rings. The summed E-state index contributed by atoms with van der Waals surface area (Å²) in [5.74, 6) is 0. The topological polar surface area (TPSA) is 63.0 Å². The summed E-state index contributed by atoms with van der Waals surface area (Å²) in [4.78, 5) is 0. The molecule has 4 radical (unpaired) electrons. The standard InChI is InChI=1S/Al.Co.Cu.Fe.Mn.Ni.2H2O.V.Zn.3H/h;;;;;;2*1H2;;;;;. The van der Waals surface area contributed by atoms with Gasteiger partial charge in [0.25, 0.3) is 0 Å². The molecule has 0 bridgehead atoms. The van der Waals surface area contributed by atoms with E-state index in [0.717, 1.165) is 0 Å². The van der Waals surface area contributed by atoms with E-state index in [0.29, 0.717) is 0 Å². The maximum Gasteiger partial charge on any atom is 0.187 e. The van der Waals surface area contributed by atoms with Gasteiger partial charge in [-0.25, -0.2) is 0 Å². The third kappa shape index (κ3) is 86.4. The molecule has 10 heteroatoms. The van der Waals surface area contributed by atoms with Gasteiger partial charge >= 0.3 is 0 Å². The van der Waals surface area contributed by atoms with E-state index < -0.39 is 0 Å². The zero-order chi connectivity index (χ0) is 0. The van der Waals surface area contributed by atoms with E-state index in [1.165, 1.54) is 0 Å². The van der Waals surface area contributed by atoms with Crippen LogP contribution in [0.5, 0.6) is 0 Å². The Morgan fingerprint density at radius 2 is 0.900 bits per heavy atom. The van der Waals surface area contributed by atoms with Gasteiger partial charge in [-0.2, -0.15) is 0 Å². The Hall–Kier alpha value is 4.22. The Bertz CT molecular complexity index is 31.2. The molecule has 0 saturated carbocycles. The van der Waals surface area contributed by atoms with E-state index in [1.54, 1.807) is 0 Å². The van der Waals surface area contributed by atoms with Gasteiger partial charge in [-0.3, -0.25) is 0 Å². The van der Waals surface area contributed by atoms with E-state index in [2.05, 4.69) is 0 Å². The summed E-state index contributed by atoms with van der Waals surface area (Å²) >= 11 is 0. The van der Waals surface area contributed by atoms with Crippen molar-refractivity contribution in [2.24, 2.45) is 0 Å². The molecule has 0 rings (SSSR count). The number of hydrogen-bond acceptors (Lipinski definition) is 0. The summed E-state index contributed by atoms with van der Waals surface area (Å²) in [6.07, 6.45) is 0. The molecule has 0 aliphatic carbocycles. The monoisotopic (exact) mass is 472 g/mol. The van der Waals surface area contributed by atoms with Crippen LogP contribution in [-0.2, 0) is 123 Å². The predicted octanol–water partition coefficient (Wildman–Crippen LogP) is -2.85. The number of hydrogen-bond donors (Lipinski definition) is 0. The second kappa shape index (κ2) is 111. The van der Waals surface area contributed by atoms with Crippen molar-refractivity contribution in [3.05, 3.63) is 0 Å². The van der Waals surface area contributed by atoms with Crippen molar-refractivity contribution in [1.82, 2.24) is 0 Å². The number of rotatable bonds is 0. The molecule has 0 aromatic rings. The van der Waals surface area contributed by atoms with Crippen molar-refractivity contribution >= 4 is 17.4 Å². The maximum atomic E-state index is 0. The van der Waals surface area contributed by atoms with Gasteiger partial charge in [0, 0.05) is 123 Å². The van der Waals surface area contributed by atoms with Crippen LogP contribution in [0.2, 0.25) is 0 Å². The largest absolute Gasteiger partial charge is 0.412 e. The van der Waals surface area contributed by atoms with Crippen LogP contribution in [0.25, 0.3) is 0 Å². The van der Waals surface area contributed by atoms with Crippen LogP contribution in [-0.4, -0.2) is 28.3 Å². The van der Waals surface area contributed by atoms with E-state index in [1.807, 2.05) is 0 Å². The van der Waals surface area contributed by atoms with Crippen LogP contribution in [0, 0.1) is 0 Å². The minimum atomic E-state index is 0. The molecule has 0 atom stereocenters. The first-order valence-electron chi connectivity index (χ1n) is 0. The summed E-state index contributed by atoms with van der Waals surface area (Å²) in [5, 5.41) is 0. The van der Waals surface area contributed by atoms with Gasteiger partial charge in [0.1, 0.15) is 0 Å². The minimum absolute atomic E-state index is 0. The molecule has 0 spiro atoms. The van der Waals surface area contributed by atoms with Gasteiger partial charge in [-0.15, -0.1) is 0 Å². The van der Waals surface area contributed by atoms with E-state index >= 15 is 0 Å². The van der Waals surface area contributed by atoms with E-state index in [4.69, 9.17) is 0 Å². The van der Waals surface area contributed by atoms with Gasteiger partial charge in [0.2, 0.25) is 0 Å². The summed E-state index contributed by atoms with van der Waals surface area (Å²) in [5.41, 5.74) is 0. The fourth-order valence-corrected chi connectivity index (χ4v) is 0. The first-order valence-corrected chi connectivity index (χ1v) is 0. The molecule has 0 aromatic heterocycles. The third-order valence-corrected chi connectivity index (χ3v) is 0. The minimum Gasteiger partial charge on any atom is -0.412 e. The van der Waals surface area contributed by atoms with Crippen LogP contribution >= 0.6 is 0 Å². The van der Waals surface area contributed by atoms with Gasteiger partial charge in [0.05, 0.1) is 0 Å².